The Bertz CT molecular complexity index is 232. The number of nitrogens with zero attached hydrogens (tertiary/aromatic N) is 1. The van der Waals surface area contributed by atoms with Gasteiger partial charge in [0.25, 0.3) is 0 Å². The van der Waals surface area contributed by atoms with Crippen LogP contribution in [0.5, 0.6) is 0 Å². The molecule has 6 nitrogen and oxygen atoms in total. The van der Waals surface area contributed by atoms with Crippen LogP contribution in [0.1, 0.15) is 12.8 Å². The lowest BCUT2D eigenvalue weighted by atomic mass is 10.3. The van der Waals surface area contributed by atoms with Gasteiger partial charge in [0.15, 0.2) is 0 Å². The molecule has 80 valence electrons. The first kappa shape index (κ1) is 10.9. The van der Waals surface area contributed by atoms with Crippen molar-refractivity contribution >= 4 is 11.9 Å². The van der Waals surface area contributed by atoms with Crippen LogP contribution < -0.4 is 11.1 Å². The number of β-amino-alcohol motifs (C(OH)–C–C–N with tert-alkyl or cyclic N) is 1. The molecule has 1 fully saturated rings. The van der Waals surface area contributed by atoms with Gasteiger partial charge in [-0.05, 0) is 6.42 Å². The van der Waals surface area contributed by atoms with Gasteiger partial charge in [-0.2, -0.15) is 0 Å². The summed E-state index contributed by atoms with van der Waals surface area (Å²) in [6.45, 7) is 1.95. The Labute approximate surface area is 82.1 Å². The standard InChI is InChI=1S/C8H15N3O3/c9-8(14)10-7(13)2-4-11-3-1-6(12)5-11/h6,12H,1-5H2,(H3,9,10,13,14). The van der Waals surface area contributed by atoms with Crippen molar-refractivity contribution in [3.05, 3.63) is 0 Å². The molecule has 0 radical (unpaired) electrons. The third-order valence-electron chi connectivity index (χ3n) is 2.17. The van der Waals surface area contributed by atoms with E-state index in [1.54, 1.807) is 0 Å². The summed E-state index contributed by atoms with van der Waals surface area (Å²) in [7, 11) is 0. The molecule has 0 aromatic carbocycles. The van der Waals surface area contributed by atoms with E-state index in [9.17, 15) is 14.7 Å². The predicted octanol–water partition coefficient (Wildman–Crippen LogP) is -1.36. The number of nitrogens with one attached hydrogen (secondary N) is 1. The average molecular weight is 201 g/mol. The molecule has 1 atom stereocenters. The number of primary amides is 1. The summed E-state index contributed by atoms with van der Waals surface area (Å²) in [4.78, 5) is 23.3. The summed E-state index contributed by atoms with van der Waals surface area (Å²) in [5, 5.41) is 11.2. The molecule has 1 rings (SSSR count). The van der Waals surface area contributed by atoms with Crippen LogP contribution in [0.2, 0.25) is 0 Å². The first-order valence-electron chi connectivity index (χ1n) is 4.57. The minimum atomic E-state index is -0.823. The summed E-state index contributed by atoms with van der Waals surface area (Å²) < 4.78 is 0. The van der Waals surface area contributed by atoms with E-state index in [0.717, 1.165) is 13.0 Å². The molecule has 3 amide bonds. The number of amides is 3. The van der Waals surface area contributed by atoms with E-state index in [1.165, 1.54) is 0 Å². The van der Waals surface area contributed by atoms with Gasteiger partial charge < -0.3 is 15.7 Å². The number of hydrogen-bond acceptors (Lipinski definition) is 4. The predicted molar refractivity (Wildman–Crippen MR) is 49.4 cm³/mol. The van der Waals surface area contributed by atoms with E-state index in [4.69, 9.17) is 5.73 Å². The maximum Gasteiger partial charge on any atom is 0.318 e. The van der Waals surface area contributed by atoms with Crippen LogP contribution >= 0.6 is 0 Å². The molecule has 0 aromatic rings. The summed E-state index contributed by atoms with van der Waals surface area (Å²) >= 11 is 0. The van der Waals surface area contributed by atoms with Crippen molar-refractivity contribution in [3.63, 3.8) is 0 Å². The highest BCUT2D eigenvalue weighted by atomic mass is 16.3. The van der Waals surface area contributed by atoms with Crippen molar-refractivity contribution in [2.45, 2.75) is 18.9 Å². The van der Waals surface area contributed by atoms with Crippen molar-refractivity contribution in [1.29, 1.82) is 0 Å². The van der Waals surface area contributed by atoms with Crippen LogP contribution in [0.3, 0.4) is 0 Å². The number of likely N-dealkylation sites (tertiary alicyclic amines) is 1. The highest BCUT2D eigenvalue weighted by Crippen LogP contribution is 2.08. The molecule has 0 aliphatic carbocycles. The zero-order valence-electron chi connectivity index (χ0n) is 7.90. The molecule has 4 N–H and O–H groups in total. The van der Waals surface area contributed by atoms with Crippen LogP contribution in [0.15, 0.2) is 0 Å². The largest absolute Gasteiger partial charge is 0.392 e. The quantitative estimate of drug-likeness (QED) is 0.525. The second-order valence-corrected chi connectivity index (χ2v) is 3.41. The molecule has 0 bridgehead atoms. The first-order valence-corrected chi connectivity index (χ1v) is 4.57. The second-order valence-electron chi connectivity index (χ2n) is 3.41. The lowest BCUT2D eigenvalue weighted by Gasteiger charge is -2.13. The molecule has 14 heavy (non-hydrogen) atoms. The number of aliphatic hydroxyl groups is 1. The summed E-state index contributed by atoms with van der Waals surface area (Å²) in [6, 6.07) is -0.823. The lowest BCUT2D eigenvalue weighted by Crippen LogP contribution is -2.37. The number of urea groups is 1. The maximum atomic E-state index is 11.0. The number of imide groups is 1. The Balaban J connectivity index is 2.14. The van der Waals surface area contributed by atoms with Crippen molar-refractivity contribution in [2.24, 2.45) is 5.73 Å². The van der Waals surface area contributed by atoms with E-state index in [0.29, 0.717) is 13.1 Å². The Hall–Kier alpha value is -1.14. The molecular weight excluding hydrogens is 186 g/mol. The van der Waals surface area contributed by atoms with Gasteiger partial charge in [-0.15, -0.1) is 0 Å². The molecule has 1 heterocycles. The molecule has 1 saturated heterocycles. The van der Waals surface area contributed by atoms with Gasteiger partial charge in [0, 0.05) is 26.1 Å². The van der Waals surface area contributed by atoms with Gasteiger partial charge in [-0.3, -0.25) is 10.1 Å². The van der Waals surface area contributed by atoms with Crippen molar-refractivity contribution in [1.82, 2.24) is 10.2 Å². The number of rotatable bonds is 3. The molecule has 1 aliphatic rings. The normalized spacial score (nSPS) is 22.2. The Morgan fingerprint density at radius 1 is 1.57 bits per heavy atom. The molecular formula is C8H15N3O3. The van der Waals surface area contributed by atoms with Crippen LogP contribution in [-0.2, 0) is 4.79 Å². The number of aliphatic hydroxyl groups excluding tert-OH is 1. The van der Waals surface area contributed by atoms with E-state index in [2.05, 4.69) is 0 Å². The third kappa shape index (κ3) is 3.71. The molecule has 0 aromatic heterocycles. The van der Waals surface area contributed by atoms with Crippen molar-refractivity contribution < 1.29 is 14.7 Å². The zero-order valence-corrected chi connectivity index (χ0v) is 7.90. The smallest absolute Gasteiger partial charge is 0.318 e. The van der Waals surface area contributed by atoms with Crippen molar-refractivity contribution in [3.8, 4) is 0 Å². The molecule has 1 unspecified atom stereocenters. The fourth-order valence-electron chi connectivity index (χ4n) is 1.47. The SMILES string of the molecule is NC(=O)NC(=O)CCN1CCC(O)C1. The lowest BCUT2D eigenvalue weighted by molar-refractivity contribution is -0.120. The fraction of sp³-hybridized carbons (Fsp3) is 0.750. The molecule has 0 spiro atoms. The van der Waals surface area contributed by atoms with Gasteiger partial charge in [0.2, 0.25) is 5.91 Å². The van der Waals surface area contributed by atoms with Crippen LogP contribution in [0.25, 0.3) is 0 Å². The van der Waals surface area contributed by atoms with Gasteiger partial charge in [-0.1, -0.05) is 0 Å². The van der Waals surface area contributed by atoms with Crippen LogP contribution in [0, 0.1) is 0 Å². The van der Waals surface area contributed by atoms with Gasteiger partial charge in [-0.25, -0.2) is 4.79 Å². The Kier molecular flexibility index (Phi) is 3.84. The minimum absolute atomic E-state index is 0.232. The molecule has 0 saturated carbocycles. The number of carbonyl (C=O) groups excluding carboxylic acids is 2. The first-order chi connectivity index (χ1) is 6.58. The van der Waals surface area contributed by atoms with Gasteiger partial charge >= 0.3 is 6.03 Å². The highest BCUT2D eigenvalue weighted by Gasteiger charge is 2.20. The Morgan fingerprint density at radius 2 is 2.29 bits per heavy atom. The third-order valence-corrected chi connectivity index (χ3v) is 2.17. The monoisotopic (exact) mass is 201 g/mol. The maximum absolute atomic E-state index is 11.0. The number of hydrogen-bond donors (Lipinski definition) is 3. The summed E-state index contributed by atoms with van der Waals surface area (Å²) in [5.41, 5.74) is 4.77. The van der Waals surface area contributed by atoms with Crippen LogP contribution in [0.4, 0.5) is 4.79 Å². The van der Waals surface area contributed by atoms with E-state index in [-0.39, 0.29) is 18.4 Å². The highest BCUT2D eigenvalue weighted by molar-refractivity contribution is 5.93. The zero-order chi connectivity index (χ0) is 10.6. The topological polar surface area (TPSA) is 95.7 Å². The minimum Gasteiger partial charge on any atom is -0.392 e. The second kappa shape index (κ2) is 4.92. The Morgan fingerprint density at radius 3 is 2.79 bits per heavy atom. The summed E-state index contributed by atoms with van der Waals surface area (Å²) in [5.74, 6) is -0.376. The van der Waals surface area contributed by atoms with Gasteiger partial charge in [0.1, 0.15) is 0 Å². The van der Waals surface area contributed by atoms with E-state index < -0.39 is 6.03 Å². The van der Waals surface area contributed by atoms with Gasteiger partial charge in [0.05, 0.1) is 6.10 Å². The van der Waals surface area contributed by atoms with E-state index in [1.807, 2.05) is 10.2 Å². The van der Waals surface area contributed by atoms with Crippen molar-refractivity contribution in [2.75, 3.05) is 19.6 Å². The van der Waals surface area contributed by atoms with Crippen LogP contribution in [-0.4, -0.2) is 47.7 Å². The summed E-state index contributed by atoms with van der Waals surface area (Å²) in [6.07, 6.45) is 0.696. The molecule has 1 aliphatic heterocycles. The average Bonchev–Trinajstić information content (AvgIpc) is 2.47. The number of carbonyl (C=O) groups is 2. The number of nitrogens with two attached hydrogens (primary N) is 1. The molecule has 6 heteroatoms. The fourth-order valence-corrected chi connectivity index (χ4v) is 1.47. The van der Waals surface area contributed by atoms with E-state index >= 15 is 0 Å².